The van der Waals surface area contributed by atoms with Crippen molar-refractivity contribution in [1.82, 2.24) is 19.3 Å². The minimum absolute atomic E-state index is 0.00239. The smallest absolute Gasteiger partial charge is 0.423 e. The summed E-state index contributed by atoms with van der Waals surface area (Å²) in [7, 11) is -4.08. The van der Waals surface area contributed by atoms with Gasteiger partial charge in [-0.3, -0.25) is 4.98 Å². The highest BCUT2D eigenvalue weighted by molar-refractivity contribution is 7.89. The summed E-state index contributed by atoms with van der Waals surface area (Å²) in [5.74, 6) is 0.803. The Hall–Kier alpha value is -2.98. The summed E-state index contributed by atoms with van der Waals surface area (Å²) in [4.78, 5) is 24.3. The lowest BCUT2D eigenvalue weighted by atomic mass is 10.1. The van der Waals surface area contributed by atoms with Gasteiger partial charge in [0.1, 0.15) is 11.3 Å². The molecule has 1 amide bonds. The summed E-state index contributed by atoms with van der Waals surface area (Å²) in [6.45, 7) is 5.75. The first kappa shape index (κ1) is 22.7. The first-order valence-corrected chi connectivity index (χ1v) is 11.5. The van der Waals surface area contributed by atoms with Crippen molar-refractivity contribution in [3.05, 3.63) is 53.6 Å². The number of hydrogen-bond donors (Lipinski definition) is 1. The summed E-state index contributed by atoms with van der Waals surface area (Å²) in [5, 5.41) is 0. The third-order valence-electron chi connectivity index (χ3n) is 4.59. The number of amides is 1. The maximum Gasteiger partial charge on any atom is 0.423 e. The van der Waals surface area contributed by atoms with Crippen molar-refractivity contribution in [3.8, 4) is 0 Å². The van der Waals surface area contributed by atoms with Crippen LogP contribution in [0.15, 0.2) is 41.4 Å². The Morgan fingerprint density at radius 2 is 1.87 bits per heavy atom. The molecule has 3 rings (SSSR count). The van der Waals surface area contributed by atoms with Crippen LogP contribution in [-0.4, -0.2) is 60.1 Å². The van der Waals surface area contributed by atoms with Gasteiger partial charge in [0, 0.05) is 19.2 Å². The number of sulfonamides is 1. The molecule has 0 aliphatic carbocycles. The van der Waals surface area contributed by atoms with Gasteiger partial charge < -0.3 is 14.5 Å². The van der Waals surface area contributed by atoms with Gasteiger partial charge in [-0.2, -0.15) is 4.31 Å². The minimum Gasteiger partial charge on any atom is -0.449 e. The fourth-order valence-electron chi connectivity index (χ4n) is 3.14. The standard InChI is InChI=1S/C21H26N4O5S/c1-4-29-13-12-25(21(26)30-5-2)31(27,28)17-8-6-16(7-9-17)14-19-20-18(10-11-22-19)23-15(3)24-20/h6-11H,4-5,12-14H2,1-3H3,(H,23,24). The summed E-state index contributed by atoms with van der Waals surface area (Å²) >= 11 is 0. The predicted octanol–water partition coefficient (Wildman–Crippen LogP) is 3.04. The second-order valence-electron chi connectivity index (χ2n) is 6.77. The molecule has 0 atom stereocenters. The van der Waals surface area contributed by atoms with Crippen LogP contribution in [0, 0.1) is 6.92 Å². The lowest BCUT2D eigenvalue weighted by Crippen LogP contribution is -2.39. The second kappa shape index (κ2) is 9.88. The van der Waals surface area contributed by atoms with E-state index >= 15 is 0 Å². The molecule has 0 aliphatic rings. The number of H-pyrrole nitrogens is 1. The van der Waals surface area contributed by atoms with E-state index < -0.39 is 16.1 Å². The fourth-order valence-corrected chi connectivity index (χ4v) is 4.44. The van der Waals surface area contributed by atoms with Gasteiger partial charge in [-0.1, -0.05) is 12.1 Å². The number of carbonyl (C=O) groups is 1. The molecule has 166 valence electrons. The Balaban J connectivity index is 1.83. The van der Waals surface area contributed by atoms with Gasteiger partial charge in [0.15, 0.2) is 0 Å². The molecule has 31 heavy (non-hydrogen) atoms. The summed E-state index contributed by atoms with van der Waals surface area (Å²) in [6.07, 6.45) is 1.29. The van der Waals surface area contributed by atoms with Crippen LogP contribution in [0.1, 0.15) is 30.9 Å². The van der Waals surface area contributed by atoms with E-state index in [0.717, 1.165) is 28.1 Å². The average molecular weight is 447 g/mol. The zero-order valence-corrected chi connectivity index (χ0v) is 18.6. The predicted molar refractivity (Wildman–Crippen MR) is 115 cm³/mol. The van der Waals surface area contributed by atoms with Gasteiger partial charge in [0.2, 0.25) is 0 Å². The second-order valence-corrected chi connectivity index (χ2v) is 8.63. The summed E-state index contributed by atoms with van der Waals surface area (Å²) in [5.41, 5.74) is 3.36. The Labute approximate surface area is 181 Å². The highest BCUT2D eigenvalue weighted by Gasteiger charge is 2.30. The highest BCUT2D eigenvalue weighted by atomic mass is 32.2. The number of imidazole rings is 1. The molecular weight excluding hydrogens is 420 g/mol. The zero-order valence-electron chi connectivity index (χ0n) is 17.8. The average Bonchev–Trinajstić information content (AvgIpc) is 3.13. The van der Waals surface area contributed by atoms with Crippen LogP contribution in [0.4, 0.5) is 4.79 Å². The number of nitrogens with zero attached hydrogens (tertiary/aromatic N) is 3. The topological polar surface area (TPSA) is 114 Å². The first-order valence-electron chi connectivity index (χ1n) is 10.0. The molecule has 0 saturated heterocycles. The molecule has 0 unspecified atom stereocenters. The maximum atomic E-state index is 13.0. The monoisotopic (exact) mass is 446 g/mol. The zero-order chi connectivity index (χ0) is 22.4. The number of fused-ring (bicyclic) bond motifs is 1. The van der Waals surface area contributed by atoms with Crippen molar-refractivity contribution < 1.29 is 22.7 Å². The number of carbonyl (C=O) groups excluding carboxylic acids is 1. The van der Waals surface area contributed by atoms with Crippen LogP contribution in [0.25, 0.3) is 11.0 Å². The number of aromatic amines is 1. The molecule has 0 aliphatic heterocycles. The van der Waals surface area contributed by atoms with E-state index in [4.69, 9.17) is 9.47 Å². The number of rotatable bonds is 9. The number of hydrogen-bond acceptors (Lipinski definition) is 7. The molecule has 0 spiro atoms. The maximum absolute atomic E-state index is 13.0. The molecule has 0 bridgehead atoms. The molecule has 3 aromatic rings. The number of nitrogens with one attached hydrogen (secondary N) is 1. The van der Waals surface area contributed by atoms with Gasteiger partial charge in [-0.05, 0) is 44.5 Å². The molecular formula is C21H26N4O5S. The molecule has 1 aromatic carbocycles. The van der Waals surface area contributed by atoms with E-state index in [9.17, 15) is 13.2 Å². The van der Waals surface area contributed by atoms with Crippen molar-refractivity contribution in [2.75, 3.05) is 26.4 Å². The molecule has 0 fully saturated rings. The fraction of sp³-hybridized carbons (Fsp3) is 0.381. The Morgan fingerprint density at radius 3 is 2.55 bits per heavy atom. The van der Waals surface area contributed by atoms with E-state index in [-0.39, 0.29) is 24.7 Å². The Bertz CT molecular complexity index is 1140. The van der Waals surface area contributed by atoms with E-state index in [1.54, 1.807) is 32.2 Å². The van der Waals surface area contributed by atoms with Gasteiger partial charge in [0.25, 0.3) is 10.0 Å². The van der Waals surface area contributed by atoms with E-state index in [0.29, 0.717) is 17.3 Å². The van der Waals surface area contributed by atoms with Crippen LogP contribution in [0.3, 0.4) is 0 Å². The quantitative estimate of drug-likeness (QED) is 0.502. The van der Waals surface area contributed by atoms with Crippen molar-refractivity contribution in [2.24, 2.45) is 0 Å². The number of benzene rings is 1. The first-order chi connectivity index (χ1) is 14.9. The SMILES string of the molecule is CCOCCN(C(=O)OCC)S(=O)(=O)c1ccc(Cc2nccc3[nH]c(C)nc23)cc1. The lowest BCUT2D eigenvalue weighted by Gasteiger charge is -2.21. The molecule has 0 radical (unpaired) electrons. The van der Waals surface area contributed by atoms with Crippen LogP contribution in [0.2, 0.25) is 0 Å². The number of ether oxygens (including phenoxy) is 2. The molecule has 1 N–H and O–H groups in total. The molecule has 9 nitrogen and oxygen atoms in total. The van der Waals surface area contributed by atoms with Gasteiger partial charge in [-0.15, -0.1) is 0 Å². The third-order valence-corrected chi connectivity index (χ3v) is 6.37. The van der Waals surface area contributed by atoms with Crippen LogP contribution >= 0.6 is 0 Å². The number of pyridine rings is 1. The Kier molecular flexibility index (Phi) is 7.24. The van der Waals surface area contributed by atoms with Crippen LogP contribution in [0.5, 0.6) is 0 Å². The minimum atomic E-state index is -4.08. The molecule has 2 heterocycles. The normalized spacial score (nSPS) is 11.6. The van der Waals surface area contributed by atoms with Crippen LogP contribution in [-0.2, 0) is 25.9 Å². The summed E-state index contributed by atoms with van der Waals surface area (Å²) in [6, 6.07) is 8.24. The van der Waals surface area contributed by atoms with E-state index in [1.807, 2.05) is 13.0 Å². The van der Waals surface area contributed by atoms with Gasteiger partial charge in [0.05, 0.1) is 35.9 Å². The van der Waals surface area contributed by atoms with E-state index in [2.05, 4.69) is 15.0 Å². The van der Waals surface area contributed by atoms with Gasteiger partial charge in [-0.25, -0.2) is 18.2 Å². The lowest BCUT2D eigenvalue weighted by molar-refractivity contribution is 0.106. The molecule has 10 heteroatoms. The van der Waals surface area contributed by atoms with E-state index in [1.165, 1.54) is 12.1 Å². The van der Waals surface area contributed by atoms with Crippen LogP contribution < -0.4 is 0 Å². The van der Waals surface area contributed by atoms with Crippen molar-refractivity contribution in [1.29, 1.82) is 0 Å². The molecule has 2 aromatic heterocycles. The third kappa shape index (κ3) is 5.20. The largest absolute Gasteiger partial charge is 0.449 e. The number of aryl methyl sites for hydroxylation is 1. The molecule has 0 saturated carbocycles. The number of aromatic nitrogens is 3. The highest BCUT2D eigenvalue weighted by Crippen LogP contribution is 2.21. The van der Waals surface area contributed by atoms with Gasteiger partial charge >= 0.3 is 6.09 Å². The Morgan fingerprint density at radius 1 is 1.13 bits per heavy atom. The van der Waals surface area contributed by atoms with Crippen molar-refractivity contribution in [3.63, 3.8) is 0 Å². The summed E-state index contributed by atoms with van der Waals surface area (Å²) < 4.78 is 36.9. The van der Waals surface area contributed by atoms with Crippen molar-refractivity contribution >= 4 is 27.1 Å². The van der Waals surface area contributed by atoms with Crippen molar-refractivity contribution in [2.45, 2.75) is 32.1 Å².